The molecule has 0 saturated heterocycles. The molecule has 0 spiro atoms. The van der Waals surface area contributed by atoms with E-state index in [4.69, 9.17) is 0 Å². The number of halogens is 3. The highest BCUT2D eigenvalue weighted by Gasteiger charge is 2.48. The summed E-state index contributed by atoms with van der Waals surface area (Å²) in [6.45, 7) is 0. The lowest BCUT2D eigenvalue weighted by Gasteiger charge is -2.24. The van der Waals surface area contributed by atoms with Gasteiger partial charge in [0.15, 0.2) is 0 Å². The topological polar surface area (TPSA) is 57.2 Å². The molecule has 1 unspecified atom stereocenters. The van der Waals surface area contributed by atoms with Gasteiger partial charge in [0.05, 0.1) is 0 Å². The van der Waals surface area contributed by atoms with E-state index in [0.717, 1.165) is 6.42 Å². The highest BCUT2D eigenvalue weighted by atomic mass is 33.2. The van der Waals surface area contributed by atoms with E-state index in [-0.39, 0.29) is 12.8 Å². The minimum atomic E-state index is -5.58. The second kappa shape index (κ2) is 4.42. The van der Waals surface area contributed by atoms with Crippen LogP contribution >= 0.6 is 0 Å². The zero-order valence-electron chi connectivity index (χ0n) is 7.79. The second-order valence-corrected chi connectivity index (χ2v) is 8.95. The highest BCUT2D eigenvalue weighted by molar-refractivity contribution is 8.72. The Hall–Kier alpha value is -0.0800. The molecule has 3 nitrogen and oxygen atoms in total. The van der Waals surface area contributed by atoms with E-state index in [1.807, 2.05) is 0 Å². The van der Waals surface area contributed by atoms with E-state index in [0.29, 0.717) is 12.8 Å². The van der Waals surface area contributed by atoms with Crippen molar-refractivity contribution in [1.82, 2.24) is 0 Å². The molecule has 8 heteroatoms. The third-order valence-electron chi connectivity index (χ3n) is 2.49. The lowest BCUT2D eigenvalue weighted by molar-refractivity contribution is 0.472. The minimum absolute atomic E-state index is 0.0463. The average molecular weight is 264 g/mol. The summed E-state index contributed by atoms with van der Waals surface area (Å²) in [5.74, 6) is 0. The summed E-state index contributed by atoms with van der Waals surface area (Å²) in [6.07, 6.45) is 1.84. The molecule has 0 bridgehead atoms. The molecule has 0 aromatic carbocycles. The average Bonchev–Trinajstić information content (AvgIpc) is 2.16. The first-order chi connectivity index (χ1) is 6.80. The van der Waals surface area contributed by atoms with Crippen LogP contribution in [0.15, 0.2) is 0 Å². The van der Waals surface area contributed by atoms with Gasteiger partial charge in [-0.1, -0.05) is 6.42 Å². The van der Waals surface area contributed by atoms with Crippen molar-refractivity contribution in [1.29, 1.82) is 0 Å². The predicted molar refractivity (Wildman–Crippen MR) is 52.3 cm³/mol. The molecule has 1 atom stereocenters. The monoisotopic (exact) mass is 264 g/mol. The highest BCUT2D eigenvalue weighted by Crippen LogP contribution is 2.35. The molecule has 1 aliphatic rings. The van der Waals surface area contributed by atoms with Crippen LogP contribution in [0.4, 0.5) is 12.7 Å². The van der Waals surface area contributed by atoms with Gasteiger partial charge in [0.25, 0.3) is 9.15 Å². The summed E-state index contributed by atoms with van der Waals surface area (Å²) in [6, 6.07) is 0. The molecule has 1 rings (SSSR count). The second-order valence-electron chi connectivity index (χ2n) is 3.42. The van der Waals surface area contributed by atoms with Gasteiger partial charge in [0.2, 0.25) is 9.04 Å². The molecular formula is C7H11F3O3S2. The standard InChI is InChI=1S/C7H11F3O3S2/c8-7(9)14(10,15(11,12)13)6-4-2-1-3-5-6/h6H,1-5H2. The zero-order valence-corrected chi connectivity index (χ0v) is 9.42. The molecule has 0 amide bonds. The zero-order chi connectivity index (χ0) is 11.7. The third kappa shape index (κ3) is 2.36. The van der Waals surface area contributed by atoms with Gasteiger partial charge in [-0.15, -0.1) is 8.78 Å². The van der Waals surface area contributed by atoms with Crippen LogP contribution < -0.4 is 0 Å². The number of rotatable bonds is 2. The lowest BCUT2D eigenvalue weighted by atomic mass is 10.0. The van der Waals surface area contributed by atoms with Gasteiger partial charge in [-0.05, 0) is 29.6 Å². The fourth-order valence-corrected chi connectivity index (χ4v) is 5.46. The quantitative estimate of drug-likeness (QED) is 0.251. The molecular weight excluding hydrogens is 253 g/mol. The third-order valence-corrected chi connectivity index (χ3v) is 7.81. The van der Waals surface area contributed by atoms with E-state index in [1.165, 1.54) is 0 Å². The molecule has 0 radical (unpaired) electrons. The Labute approximate surface area is 87.0 Å². The van der Waals surface area contributed by atoms with Gasteiger partial charge in [-0.25, -0.2) is 0 Å². The van der Waals surface area contributed by atoms with Crippen LogP contribution in [0.25, 0.3) is 0 Å². The molecule has 1 saturated carbocycles. The van der Waals surface area contributed by atoms with Crippen molar-refractivity contribution in [2.45, 2.75) is 37.4 Å². The van der Waals surface area contributed by atoms with E-state index >= 15 is 0 Å². The Bertz CT molecular complexity index is 380. The summed E-state index contributed by atoms with van der Waals surface area (Å²) in [7, 11) is -10.6. The van der Waals surface area contributed by atoms with Crippen molar-refractivity contribution in [3.8, 4) is 0 Å². The predicted octanol–water partition coefficient (Wildman–Crippen LogP) is 1.84. The summed E-state index contributed by atoms with van der Waals surface area (Å²) < 4.78 is 70.2. The summed E-state index contributed by atoms with van der Waals surface area (Å²) in [5.41, 5.74) is 0. The molecule has 0 aromatic heterocycles. The minimum Gasteiger partial charge on any atom is -0.707 e. The fraction of sp³-hybridized carbons (Fsp3) is 0.857. The van der Waals surface area contributed by atoms with E-state index in [9.17, 15) is 25.6 Å². The van der Waals surface area contributed by atoms with Crippen LogP contribution in [0.3, 0.4) is 0 Å². The molecule has 90 valence electrons. The molecule has 0 heterocycles. The first kappa shape index (κ1) is 13.0. The van der Waals surface area contributed by atoms with Gasteiger partial charge in [0.1, 0.15) is 5.25 Å². The molecule has 15 heavy (non-hydrogen) atoms. The van der Waals surface area contributed by atoms with E-state index < -0.39 is 28.8 Å². The summed E-state index contributed by atoms with van der Waals surface area (Å²) in [5, 5.41) is -4.18. The van der Waals surface area contributed by atoms with Crippen LogP contribution in [0.2, 0.25) is 0 Å². The van der Waals surface area contributed by atoms with Crippen LogP contribution in [-0.2, 0) is 18.2 Å². The van der Waals surface area contributed by atoms with Crippen LogP contribution in [-0.4, -0.2) is 23.6 Å². The lowest BCUT2D eigenvalue weighted by Crippen LogP contribution is -2.36. The molecule has 0 N–H and O–H groups in total. The Morgan fingerprint density at radius 2 is 1.67 bits per heavy atom. The van der Waals surface area contributed by atoms with Gasteiger partial charge in [-0.3, -0.25) is 0 Å². The van der Waals surface area contributed by atoms with Gasteiger partial charge in [-0.2, -0.15) is 8.42 Å². The summed E-state index contributed by atoms with van der Waals surface area (Å²) in [4.78, 5) is 0. The van der Waals surface area contributed by atoms with Gasteiger partial charge >= 0.3 is 5.37 Å². The summed E-state index contributed by atoms with van der Waals surface area (Å²) >= 11 is 0. The Kier molecular flexibility index (Phi) is 3.83. The first-order valence-corrected chi connectivity index (χ1v) is 7.98. The Morgan fingerprint density at radius 1 is 1.20 bits per heavy atom. The largest absolute Gasteiger partial charge is 0.707 e. The van der Waals surface area contributed by atoms with Crippen molar-refractivity contribution in [3.05, 3.63) is 0 Å². The van der Waals surface area contributed by atoms with Crippen molar-refractivity contribution in [2.75, 3.05) is 0 Å². The number of hydrogen-bond donors (Lipinski definition) is 0. The SMILES string of the molecule is O=S(=O)([O-])[S+](F)(=C(F)F)C1CCCCC1. The van der Waals surface area contributed by atoms with Crippen LogP contribution in [0.5, 0.6) is 0 Å². The maximum Gasteiger partial charge on any atom is 0.474 e. The molecule has 1 fully saturated rings. The maximum atomic E-state index is 13.7. The fourth-order valence-electron chi connectivity index (χ4n) is 1.74. The van der Waals surface area contributed by atoms with Crippen LogP contribution in [0, 0.1) is 0 Å². The van der Waals surface area contributed by atoms with Crippen molar-refractivity contribution in [2.24, 2.45) is 0 Å². The van der Waals surface area contributed by atoms with Crippen molar-refractivity contribution in [3.63, 3.8) is 0 Å². The van der Waals surface area contributed by atoms with Gasteiger partial charge in [0, 0.05) is 0 Å². The van der Waals surface area contributed by atoms with Crippen LogP contribution in [0.1, 0.15) is 32.1 Å². The molecule has 0 aromatic rings. The number of hydrogen-bond acceptors (Lipinski definition) is 3. The van der Waals surface area contributed by atoms with Gasteiger partial charge < -0.3 is 4.55 Å². The Morgan fingerprint density at radius 3 is 2.00 bits per heavy atom. The van der Waals surface area contributed by atoms with Crippen molar-refractivity contribution < 1.29 is 25.6 Å². The molecule has 1 aliphatic carbocycles. The van der Waals surface area contributed by atoms with E-state index in [1.54, 1.807) is 0 Å². The Balaban J connectivity index is 3.20. The molecule has 0 aliphatic heterocycles. The maximum absolute atomic E-state index is 13.7. The van der Waals surface area contributed by atoms with Crippen molar-refractivity contribution >= 4 is 23.6 Å². The van der Waals surface area contributed by atoms with E-state index in [2.05, 4.69) is 0 Å². The first-order valence-electron chi connectivity index (χ1n) is 4.46. The smallest absolute Gasteiger partial charge is 0.474 e. The normalized spacial score (nSPS) is 23.5.